The van der Waals surface area contributed by atoms with E-state index in [9.17, 15) is 4.79 Å². The molecule has 0 saturated heterocycles. The van der Waals surface area contributed by atoms with Crippen LogP contribution in [-0.2, 0) is 0 Å². The van der Waals surface area contributed by atoms with Gasteiger partial charge < -0.3 is 5.32 Å². The van der Waals surface area contributed by atoms with Crippen LogP contribution in [0.15, 0.2) is 12.1 Å². The molecule has 1 heterocycles. The lowest BCUT2D eigenvalue weighted by atomic mass is 9.83. The number of carbonyl (C=O) groups is 1. The minimum absolute atomic E-state index is 0.155. The summed E-state index contributed by atoms with van der Waals surface area (Å²) in [6.07, 6.45) is 4.88. The lowest BCUT2D eigenvalue weighted by molar-refractivity contribution is 0.0941. The maximum absolute atomic E-state index is 12.0. The molecule has 0 spiro atoms. The third-order valence-corrected chi connectivity index (χ3v) is 4.24. The number of nitrogens with one attached hydrogen (secondary N) is 1. The van der Waals surface area contributed by atoms with Gasteiger partial charge in [0, 0.05) is 6.54 Å². The highest BCUT2D eigenvalue weighted by Gasteiger charge is 2.19. The minimum Gasteiger partial charge on any atom is -0.352 e. The molecule has 1 N–H and O–H groups in total. The Labute approximate surface area is 123 Å². The monoisotopic (exact) mass is 300 g/mol. The van der Waals surface area contributed by atoms with Crippen molar-refractivity contribution in [2.45, 2.75) is 32.6 Å². The Morgan fingerprint density at radius 3 is 2.63 bits per heavy atom. The summed E-state index contributed by atoms with van der Waals surface area (Å²) in [4.78, 5) is 15.9. The molecule has 0 aromatic carbocycles. The second-order valence-electron chi connectivity index (χ2n) is 5.31. The molecule has 1 saturated carbocycles. The molecule has 1 amide bonds. The van der Waals surface area contributed by atoms with Crippen LogP contribution in [0.25, 0.3) is 0 Å². The van der Waals surface area contributed by atoms with E-state index in [0.29, 0.717) is 23.2 Å². The van der Waals surface area contributed by atoms with E-state index in [-0.39, 0.29) is 11.1 Å². The molecule has 1 fully saturated rings. The van der Waals surface area contributed by atoms with Crippen LogP contribution in [0.1, 0.15) is 43.0 Å². The maximum atomic E-state index is 12.0. The van der Waals surface area contributed by atoms with Gasteiger partial charge in [-0.3, -0.25) is 4.79 Å². The number of amides is 1. The zero-order chi connectivity index (χ0) is 13.8. The highest BCUT2D eigenvalue weighted by atomic mass is 35.5. The molecular weight excluding hydrogens is 283 g/mol. The molecular formula is C14H18Cl2N2O. The number of hydrogen-bond acceptors (Lipinski definition) is 2. The average Bonchev–Trinajstić information content (AvgIpc) is 2.37. The van der Waals surface area contributed by atoms with Crippen molar-refractivity contribution in [2.24, 2.45) is 11.8 Å². The van der Waals surface area contributed by atoms with E-state index in [1.54, 1.807) is 12.1 Å². The van der Waals surface area contributed by atoms with Gasteiger partial charge in [-0.15, -0.1) is 0 Å². The van der Waals surface area contributed by atoms with Crippen LogP contribution in [0.2, 0.25) is 10.3 Å². The molecule has 0 bridgehead atoms. The molecule has 19 heavy (non-hydrogen) atoms. The van der Waals surface area contributed by atoms with Crippen LogP contribution < -0.4 is 5.32 Å². The van der Waals surface area contributed by atoms with Gasteiger partial charge >= 0.3 is 0 Å². The zero-order valence-electron chi connectivity index (χ0n) is 11.0. The lowest BCUT2D eigenvalue weighted by Gasteiger charge is -2.26. The zero-order valence-corrected chi connectivity index (χ0v) is 12.5. The predicted octanol–water partition coefficient (Wildman–Crippen LogP) is 3.94. The molecule has 0 atom stereocenters. The van der Waals surface area contributed by atoms with Crippen molar-refractivity contribution < 1.29 is 4.79 Å². The first-order chi connectivity index (χ1) is 9.06. The Balaban J connectivity index is 1.87. The van der Waals surface area contributed by atoms with Gasteiger partial charge in [-0.1, -0.05) is 43.0 Å². The molecule has 0 unspecified atom stereocenters. The lowest BCUT2D eigenvalue weighted by Crippen LogP contribution is -2.31. The summed E-state index contributed by atoms with van der Waals surface area (Å²) in [5.41, 5.74) is 0.384. The highest BCUT2D eigenvalue weighted by Crippen LogP contribution is 2.27. The Hall–Kier alpha value is -0.800. The molecule has 104 valence electrons. The smallest absolute Gasteiger partial charge is 0.254 e. The van der Waals surface area contributed by atoms with E-state index < -0.39 is 0 Å². The topological polar surface area (TPSA) is 42.0 Å². The first-order valence-electron chi connectivity index (χ1n) is 6.66. The third-order valence-electron chi connectivity index (χ3n) is 3.75. The van der Waals surface area contributed by atoms with Gasteiger partial charge in [0.2, 0.25) is 0 Å². The Morgan fingerprint density at radius 2 is 2.00 bits per heavy atom. The predicted molar refractivity (Wildman–Crippen MR) is 77.7 cm³/mol. The van der Waals surface area contributed by atoms with Crippen molar-refractivity contribution in [1.82, 2.24) is 10.3 Å². The second-order valence-corrected chi connectivity index (χ2v) is 6.05. The summed E-state index contributed by atoms with van der Waals surface area (Å²) < 4.78 is 0. The SMILES string of the molecule is CC1CCC(CNC(=O)c2ccc(Cl)nc2Cl)CC1. The van der Waals surface area contributed by atoms with Crippen LogP contribution in [0.4, 0.5) is 0 Å². The number of pyridine rings is 1. The van der Waals surface area contributed by atoms with Gasteiger partial charge in [-0.2, -0.15) is 0 Å². The molecule has 1 aromatic heterocycles. The van der Waals surface area contributed by atoms with Crippen molar-refractivity contribution >= 4 is 29.1 Å². The van der Waals surface area contributed by atoms with Crippen LogP contribution >= 0.6 is 23.2 Å². The number of nitrogens with zero attached hydrogens (tertiary/aromatic N) is 1. The first kappa shape index (κ1) is 14.6. The number of carbonyl (C=O) groups excluding carboxylic acids is 1. The van der Waals surface area contributed by atoms with Crippen LogP contribution in [0, 0.1) is 11.8 Å². The van der Waals surface area contributed by atoms with E-state index in [1.807, 2.05) is 0 Å². The third kappa shape index (κ3) is 4.08. The molecule has 0 radical (unpaired) electrons. The van der Waals surface area contributed by atoms with Gasteiger partial charge in [-0.25, -0.2) is 4.98 Å². The van der Waals surface area contributed by atoms with E-state index in [1.165, 1.54) is 25.7 Å². The molecule has 0 aliphatic heterocycles. The van der Waals surface area contributed by atoms with Crippen molar-refractivity contribution in [3.05, 3.63) is 28.0 Å². The fraction of sp³-hybridized carbons (Fsp3) is 0.571. The van der Waals surface area contributed by atoms with Gasteiger partial charge in [-0.05, 0) is 36.8 Å². The van der Waals surface area contributed by atoms with Crippen molar-refractivity contribution in [2.75, 3.05) is 6.54 Å². The van der Waals surface area contributed by atoms with E-state index in [4.69, 9.17) is 23.2 Å². The van der Waals surface area contributed by atoms with Gasteiger partial charge in [0.25, 0.3) is 5.91 Å². The van der Waals surface area contributed by atoms with Crippen LogP contribution in [0.5, 0.6) is 0 Å². The Kier molecular flexibility index (Phi) is 5.06. The van der Waals surface area contributed by atoms with E-state index in [0.717, 1.165) is 5.92 Å². The summed E-state index contributed by atoms with van der Waals surface area (Å²) in [6.45, 7) is 3.00. The molecule has 1 aliphatic rings. The first-order valence-corrected chi connectivity index (χ1v) is 7.42. The van der Waals surface area contributed by atoms with Crippen LogP contribution in [0.3, 0.4) is 0 Å². The highest BCUT2D eigenvalue weighted by molar-refractivity contribution is 6.34. The summed E-state index contributed by atoms with van der Waals surface area (Å²) in [6, 6.07) is 3.18. The second kappa shape index (κ2) is 6.58. The standard InChI is InChI=1S/C14H18Cl2N2O/c1-9-2-4-10(5-3-9)8-17-14(19)11-6-7-12(15)18-13(11)16/h6-7,9-10H,2-5,8H2,1H3,(H,17,19). The molecule has 5 heteroatoms. The summed E-state index contributed by atoms with van der Waals surface area (Å²) in [5, 5.41) is 3.39. The average molecular weight is 301 g/mol. The molecule has 3 nitrogen and oxygen atoms in total. The maximum Gasteiger partial charge on any atom is 0.254 e. The minimum atomic E-state index is -0.173. The van der Waals surface area contributed by atoms with E-state index >= 15 is 0 Å². The number of hydrogen-bond donors (Lipinski definition) is 1. The Bertz CT molecular complexity index is 457. The largest absolute Gasteiger partial charge is 0.352 e. The number of halogens is 2. The number of rotatable bonds is 3. The molecule has 1 aromatic rings. The van der Waals surface area contributed by atoms with Crippen molar-refractivity contribution in [1.29, 1.82) is 0 Å². The van der Waals surface area contributed by atoms with Gasteiger partial charge in [0.1, 0.15) is 10.3 Å². The summed E-state index contributed by atoms with van der Waals surface area (Å²) >= 11 is 11.6. The molecule has 1 aliphatic carbocycles. The van der Waals surface area contributed by atoms with Crippen molar-refractivity contribution in [3.8, 4) is 0 Å². The van der Waals surface area contributed by atoms with Gasteiger partial charge in [0.15, 0.2) is 0 Å². The van der Waals surface area contributed by atoms with Crippen molar-refractivity contribution in [3.63, 3.8) is 0 Å². The Morgan fingerprint density at radius 1 is 1.32 bits per heavy atom. The summed E-state index contributed by atoms with van der Waals surface area (Å²) in [7, 11) is 0. The quantitative estimate of drug-likeness (QED) is 0.859. The fourth-order valence-corrected chi connectivity index (χ4v) is 2.88. The van der Waals surface area contributed by atoms with E-state index in [2.05, 4.69) is 17.2 Å². The normalized spacial score (nSPS) is 23.1. The number of aromatic nitrogens is 1. The fourth-order valence-electron chi connectivity index (χ4n) is 2.45. The van der Waals surface area contributed by atoms with Crippen LogP contribution in [-0.4, -0.2) is 17.4 Å². The summed E-state index contributed by atoms with van der Waals surface area (Å²) in [5.74, 6) is 1.23. The molecule has 2 rings (SSSR count). The van der Waals surface area contributed by atoms with Gasteiger partial charge in [0.05, 0.1) is 5.56 Å².